The zero-order valence-corrected chi connectivity index (χ0v) is 18.5. The number of likely N-dealkylation sites (N-methyl/N-ethyl adjacent to an activating group) is 1. The molecule has 8 heteroatoms. The number of hydrogen-bond donors (Lipinski definition) is 1. The van der Waals surface area contributed by atoms with Crippen molar-refractivity contribution < 1.29 is 14.1 Å². The van der Waals surface area contributed by atoms with Gasteiger partial charge in [0.2, 0.25) is 0 Å². The molecule has 1 atom stereocenters. The van der Waals surface area contributed by atoms with Gasteiger partial charge in [0.05, 0.1) is 22.8 Å². The van der Waals surface area contributed by atoms with E-state index in [-0.39, 0.29) is 12.1 Å². The van der Waals surface area contributed by atoms with Crippen LogP contribution in [0.1, 0.15) is 55.0 Å². The fraction of sp³-hybridized carbons (Fsp3) is 0.522. The molecule has 0 unspecified atom stereocenters. The number of carbonyl (C=O) groups is 1. The fourth-order valence-corrected chi connectivity index (χ4v) is 5.14. The van der Waals surface area contributed by atoms with Gasteiger partial charge in [0.1, 0.15) is 17.6 Å². The number of imidazole rings is 1. The van der Waals surface area contributed by atoms with Gasteiger partial charge < -0.3 is 24.0 Å². The van der Waals surface area contributed by atoms with Gasteiger partial charge in [0, 0.05) is 32.3 Å². The van der Waals surface area contributed by atoms with E-state index in [1.165, 1.54) is 0 Å². The van der Waals surface area contributed by atoms with E-state index in [9.17, 15) is 4.79 Å². The minimum atomic E-state index is -0.118. The highest BCUT2D eigenvalue weighted by atomic mass is 16.5. The van der Waals surface area contributed by atoms with Crippen molar-refractivity contribution in [2.45, 2.75) is 57.7 Å². The maximum absolute atomic E-state index is 12.2. The molecule has 164 valence electrons. The predicted octanol–water partition coefficient (Wildman–Crippen LogP) is 4.13. The summed E-state index contributed by atoms with van der Waals surface area (Å²) in [6.07, 6.45) is 4.49. The summed E-state index contributed by atoms with van der Waals surface area (Å²) in [6, 6.07) is 6.56. The lowest BCUT2D eigenvalue weighted by Crippen LogP contribution is -2.27. The van der Waals surface area contributed by atoms with Crippen molar-refractivity contribution in [2.24, 2.45) is 0 Å². The molecule has 1 aromatic carbocycles. The van der Waals surface area contributed by atoms with Gasteiger partial charge in [-0.3, -0.25) is 0 Å². The second-order valence-corrected chi connectivity index (χ2v) is 8.79. The number of urea groups is 1. The van der Waals surface area contributed by atoms with Crippen LogP contribution in [0.25, 0.3) is 22.2 Å². The number of benzene rings is 1. The average molecular weight is 424 g/mol. The number of hydrogen-bond acceptors (Lipinski definition) is 5. The van der Waals surface area contributed by atoms with E-state index in [4.69, 9.17) is 14.2 Å². The Kier molecular flexibility index (Phi) is 4.97. The summed E-state index contributed by atoms with van der Waals surface area (Å²) < 4.78 is 13.3. The van der Waals surface area contributed by atoms with Crippen molar-refractivity contribution >= 4 is 17.1 Å². The molecule has 8 nitrogen and oxygen atoms in total. The molecule has 31 heavy (non-hydrogen) atoms. The van der Waals surface area contributed by atoms with E-state index in [1.54, 1.807) is 12.0 Å². The Morgan fingerprint density at radius 3 is 2.58 bits per heavy atom. The fourth-order valence-electron chi connectivity index (χ4n) is 5.14. The van der Waals surface area contributed by atoms with Crippen molar-refractivity contribution in [1.82, 2.24) is 24.9 Å². The number of carbonyl (C=O) groups excluding carboxylic acids is 1. The Labute approximate surface area is 181 Å². The number of aryl methyl sites for hydroxylation is 2. The monoisotopic (exact) mass is 423 g/mol. The second kappa shape index (κ2) is 7.67. The van der Waals surface area contributed by atoms with Crippen LogP contribution in [0.15, 0.2) is 22.7 Å². The molecule has 0 bridgehead atoms. The van der Waals surface area contributed by atoms with Gasteiger partial charge in [0.25, 0.3) is 0 Å². The highest BCUT2D eigenvalue weighted by Gasteiger charge is 2.34. The SMILES string of the molecule is COC1CCC(n2c([C@@H]3CN(C)C(=O)N3)nc3cc(-c4c(C)noc4C)ccc32)CC1. The summed E-state index contributed by atoms with van der Waals surface area (Å²) in [5.41, 5.74) is 4.99. The molecular weight excluding hydrogens is 394 g/mol. The van der Waals surface area contributed by atoms with E-state index < -0.39 is 0 Å². The van der Waals surface area contributed by atoms with Crippen LogP contribution in [-0.2, 0) is 4.74 Å². The van der Waals surface area contributed by atoms with Gasteiger partial charge in [-0.05, 0) is 57.2 Å². The number of methoxy groups -OCH3 is 1. The molecule has 2 aromatic heterocycles. The van der Waals surface area contributed by atoms with E-state index >= 15 is 0 Å². The lowest BCUT2D eigenvalue weighted by Gasteiger charge is -2.30. The minimum Gasteiger partial charge on any atom is -0.381 e. The second-order valence-electron chi connectivity index (χ2n) is 8.79. The third kappa shape index (κ3) is 3.39. The summed E-state index contributed by atoms with van der Waals surface area (Å²) in [5, 5.41) is 7.19. The predicted molar refractivity (Wildman–Crippen MR) is 117 cm³/mol. The van der Waals surface area contributed by atoms with Gasteiger partial charge in [0.15, 0.2) is 0 Å². The molecule has 3 heterocycles. The van der Waals surface area contributed by atoms with Crippen LogP contribution in [0.4, 0.5) is 4.79 Å². The highest BCUT2D eigenvalue weighted by molar-refractivity contribution is 5.84. The van der Waals surface area contributed by atoms with Gasteiger partial charge in [-0.25, -0.2) is 9.78 Å². The lowest BCUT2D eigenvalue weighted by atomic mass is 9.92. The molecule has 5 rings (SSSR count). The summed E-state index contributed by atoms with van der Waals surface area (Å²) in [7, 11) is 3.62. The number of nitrogens with one attached hydrogen (secondary N) is 1. The summed E-state index contributed by atoms with van der Waals surface area (Å²) in [4.78, 5) is 18.9. The van der Waals surface area contributed by atoms with Crippen LogP contribution in [0.5, 0.6) is 0 Å². The first-order chi connectivity index (χ1) is 15.0. The van der Waals surface area contributed by atoms with Crippen LogP contribution in [0.3, 0.4) is 0 Å². The molecule has 1 aliphatic heterocycles. The van der Waals surface area contributed by atoms with Crippen LogP contribution < -0.4 is 5.32 Å². The molecule has 2 amide bonds. The molecule has 2 fully saturated rings. The number of nitrogens with zero attached hydrogens (tertiary/aromatic N) is 4. The van der Waals surface area contributed by atoms with Gasteiger partial charge in [-0.15, -0.1) is 0 Å². The number of aromatic nitrogens is 3. The van der Waals surface area contributed by atoms with Crippen molar-refractivity contribution in [3.8, 4) is 11.1 Å². The zero-order valence-electron chi connectivity index (χ0n) is 18.5. The molecule has 1 saturated heterocycles. The van der Waals surface area contributed by atoms with Crippen LogP contribution in [0, 0.1) is 13.8 Å². The summed E-state index contributed by atoms with van der Waals surface area (Å²) in [6.45, 7) is 4.51. The largest absolute Gasteiger partial charge is 0.381 e. The summed E-state index contributed by atoms with van der Waals surface area (Å²) in [5.74, 6) is 1.74. The average Bonchev–Trinajstić information content (AvgIpc) is 3.42. The van der Waals surface area contributed by atoms with Crippen LogP contribution in [-0.4, -0.2) is 52.4 Å². The molecule has 1 aliphatic carbocycles. The Balaban J connectivity index is 1.60. The normalized spacial score (nSPS) is 24.2. The maximum atomic E-state index is 12.2. The molecule has 1 saturated carbocycles. The molecule has 1 N–H and O–H groups in total. The first-order valence-corrected chi connectivity index (χ1v) is 11.0. The molecule has 3 aromatic rings. The van der Waals surface area contributed by atoms with Crippen LogP contribution in [0.2, 0.25) is 0 Å². The van der Waals surface area contributed by atoms with Gasteiger partial charge in [-0.2, -0.15) is 0 Å². The van der Waals surface area contributed by atoms with E-state index in [0.717, 1.165) is 65.1 Å². The minimum absolute atomic E-state index is 0.0527. The Bertz CT molecular complexity index is 1110. The van der Waals surface area contributed by atoms with Crippen molar-refractivity contribution in [3.63, 3.8) is 0 Å². The first-order valence-electron chi connectivity index (χ1n) is 11.0. The molecule has 2 aliphatic rings. The number of fused-ring (bicyclic) bond motifs is 1. The van der Waals surface area contributed by atoms with Gasteiger partial charge in [-0.1, -0.05) is 11.2 Å². The van der Waals surface area contributed by atoms with E-state index in [2.05, 4.69) is 33.2 Å². The Morgan fingerprint density at radius 1 is 1.19 bits per heavy atom. The van der Waals surface area contributed by atoms with E-state index in [1.807, 2.05) is 20.9 Å². The zero-order chi connectivity index (χ0) is 21.7. The third-order valence-corrected chi connectivity index (χ3v) is 6.79. The topological polar surface area (TPSA) is 85.4 Å². The number of rotatable bonds is 4. The van der Waals surface area contributed by atoms with Crippen molar-refractivity contribution in [1.29, 1.82) is 0 Å². The van der Waals surface area contributed by atoms with Gasteiger partial charge >= 0.3 is 6.03 Å². The Hall–Kier alpha value is -2.87. The number of amides is 2. The molecule has 0 spiro atoms. The third-order valence-electron chi connectivity index (χ3n) is 6.79. The number of ether oxygens (including phenoxy) is 1. The molecule has 0 radical (unpaired) electrons. The quantitative estimate of drug-likeness (QED) is 0.682. The maximum Gasteiger partial charge on any atom is 0.317 e. The van der Waals surface area contributed by atoms with E-state index in [0.29, 0.717) is 18.7 Å². The standard InChI is InChI=1S/C23H29N5O3/c1-13-21(14(2)31-26-13)15-5-10-20-18(11-15)24-22(19-12-27(3)23(29)25-19)28(20)16-6-8-17(30-4)9-7-16/h5,10-11,16-17,19H,6-9,12H2,1-4H3,(H,25,29)/t16?,17?,19-/m0/s1. The van der Waals surface area contributed by atoms with Crippen molar-refractivity contribution in [2.75, 3.05) is 20.7 Å². The Morgan fingerprint density at radius 2 is 1.97 bits per heavy atom. The smallest absolute Gasteiger partial charge is 0.317 e. The van der Waals surface area contributed by atoms with Crippen molar-refractivity contribution in [3.05, 3.63) is 35.5 Å². The summed E-state index contributed by atoms with van der Waals surface area (Å²) >= 11 is 0. The molecular formula is C23H29N5O3. The highest BCUT2D eigenvalue weighted by Crippen LogP contribution is 2.37. The van der Waals surface area contributed by atoms with Crippen LogP contribution >= 0.6 is 0 Å². The lowest BCUT2D eigenvalue weighted by molar-refractivity contribution is 0.0584. The first kappa shape index (κ1) is 20.1.